The van der Waals surface area contributed by atoms with Crippen LogP contribution in [-0.4, -0.2) is 37.9 Å². The lowest BCUT2D eigenvalue weighted by Crippen LogP contribution is -2.37. The lowest BCUT2D eigenvalue weighted by atomic mass is 9.97. The molecule has 2 rings (SSSR count). The predicted molar refractivity (Wildman–Crippen MR) is 107 cm³/mol. The summed E-state index contributed by atoms with van der Waals surface area (Å²) in [4.78, 5) is 12.4. The van der Waals surface area contributed by atoms with E-state index >= 15 is 0 Å². The van der Waals surface area contributed by atoms with Crippen molar-refractivity contribution in [3.8, 4) is 0 Å². The summed E-state index contributed by atoms with van der Waals surface area (Å²) in [6.07, 6.45) is 0.114. The first kappa shape index (κ1) is 22.8. The number of hydrogen-bond donors (Lipinski definition) is 0. The number of esters is 1. The molecule has 0 bridgehead atoms. The summed E-state index contributed by atoms with van der Waals surface area (Å²) < 4.78 is 40.9. The van der Waals surface area contributed by atoms with Gasteiger partial charge in [0.25, 0.3) is 10.1 Å². The summed E-state index contributed by atoms with van der Waals surface area (Å²) in [5.74, 6) is -0.376. The maximum atomic E-state index is 12.6. The fourth-order valence-corrected chi connectivity index (χ4v) is 4.51. The first-order valence-electron chi connectivity index (χ1n) is 9.71. The molecule has 0 radical (unpaired) electrons. The third-order valence-electron chi connectivity index (χ3n) is 4.56. The van der Waals surface area contributed by atoms with Crippen molar-refractivity contribution in [3.63, 3.8) is 0 Å². The Morgan fingerprint density at radius 1 is 1.14 bits per heavy atom. The number of benzene rings is 1. The highest BCUT2D eigenvalue weighted by Crippen LogP contribution is 2.49. The lowest BCUT2D eigenvalue weighted by Gasteiger charge is -2.27. The van der Waals surface area contributed by atoms with Crippen molar-refractivity contribution < 1.29 is 26.9 Å². The third-order valence-corrected chi connectivity index (χ3v) is 6.83. The van der Waals surface area contributed by atoms with Crippen LogP contribution in [0.2, 0.25) is 0 Å². The standard InChI is InChI=1S/C21H32O6S/c1-16(2)27-28(23,24)21(11-12-21)13-18(26-19(22)20(3,4)5)15-25-14-17-9-7-6-8-10-17/h6-10,16,18H,11-15H2,1-5H3/t18-/m0/s1. The fraction of sp³-hybridized carbons (Fsp3) is 0.667. The average molecular weight is 413 g/mol. The molecule has 1 aliphatic rings. The smallest absolute Gasteiger partial charge is 0.311 e. The minimum absolute atomic E-state index is 0.135. The minimum atomic E-state index is -3.74. The number of hydrogen-bond acceptors (Lipinski definition) is 6. The Kier molecular flexibility index (Phi) is 7.28. The van der Waals surface area contributed by atoms with Gasteiger partial charge in [0, 0.05) is 6.42 Å². The highest BCUT2D eigenvalue weighted by molar-refractivity contribution is 7.88. The Labute approximate surface area is 168 Å². The first-order valence-corrected chi connectivity index (χ1v) is 11.1. The minimum Gasteiger partial charge on any atom is -0.459 e. The molecule has 158 valence electrons. The molecule has 0 amide bonds. The van der Waals surface area contributed by atoms with E-state index in [-0.39, 0.29) is 19.0 Å². The molecule has 0 saturated heterocycles. The molecule has 0 aromatic heterocycles. The summed E-state index contributed by atoms with van der Waals surface area (Å²) in [5.41, 5.74) is 0.321. The molecule has 0 heterocycles. The molecule has 1 saturated carbocycles. The van der Waals surface area contributed by atoms with Crippen molar-refractivity contribution >= 4 is 16.1 Å². The zero-order chi connectivity index (χ0) is 21.0. The van der Waals surface area contributed by atoms with Crippen LogP contribution in [-0.2, 0) is 35.2 Å². The molecule has 1 aliphatic carbocycles. The van der Waals surface area contributed by atoms with Gasteiger partial charge in [-0.2, -0.15) is 8.42 Å². The monoisotopic (exact) mass is 412 g/mol. The zero-order valence-corrected chi connectivity index (χ0v) is 18.3. The SMILES string of the molecule is CC(C)OS(=O)(=O)C1(C[C@@H](COCc2ccccc2)OC(=O)C(C)(C)C)CC1. The van der Waals surface area contributed by atoms with Crippen molar-refractivity contribution in [2.75, 3.05) is 6.61 Å². The van der Waals surface area contributed by atoms with Crippen LogP contribution in [0.3, 0.4) is 0 Å². The normalized spacial score (nSPS) is 17.4. The van der Waals surface area contributed by atoms with E-state index in [9.17, 15) is 13.2 Å². The molecule has 7 heteroatoms. The van der Waals surface area contributed by atoms with E-state index in [1.54, 1.807) is 34.6 Å². The maximum Gasteiger partial charge on any atom is 0.311 e. The summed E-state index contributed by atoms with van der Waals surface area (Å²) in [7, 11) is -3.74. The topological polar surface area (TPSA) is 78.9 Å². The number of ether oxygens (including phenoxy) is 2. The number of carbonyl (C=O) groups is 1. The van der Waals surface area contributed by atoms with Crippen molar-refractivity contribution in [1.82, 2.24) is 0 Å². The molecule has 6 nitrogen and oxygen atoms in total. The predicted octanol–water partition coefficient (Wildman–Crippen LogP) is 3.84. The molecule has 1 fully saturated rings. The Balaban J connectivity index is 2.06. The van der Waals surface area contributed by atoms with E-state index in [1.165, 1.54) is 0 Å². The van der Waals surface area contributed by atoms with Crippen molar-refractivity contribution in [3.05, 3.63) is 35.9 Å². The van der Waals surface area contributed by atoms with Crippen LogP contribution < -0.4 is 0 Å². The van der Waals surface area contributed by atoms with E-state index in [0.717, 1.165) is 5.56 Å². The van der Waals surface area contributed by atoms with Gasteiger partial charge in [-0.05, 0) is 53.0 Å². The van der Waals surface area contributed by atoms with E-state index in [2.05, 4.69) is 0 Å². The van der Waals surface area contributed by atoms with Gasteiger partial charge in [0.15, 0.2) is 0 Å². The Hall–Kier alpha value is -1.44. The van der Waals surface area contributed by atoms with Gasteiger partial charge in [-0.25, -0.2) is 0 Å². The van der Waals surface area contributed by atoms with Gasteiger partial charge < -0.3 is 9.47 Å². The van der Waals surface area contributed by atoms with Gasteiger partial charge in [-0.15, -0.1) is 0 Å². The molecule has 28 heavy (non-hydrogen) atoms. The maximum absolute atomic E-state index is 12.6. The Bertz CT molecular complexity index is 745. The molecule has 0 spiro atoms. The van der Waals surface area contributed by atoms with Gasteiger partial charge >= 0.3 is 5.97 Å². The quantitative estimate of drug-likeness (QED) is 0.429. The summed E-state index contributed by atoms with van der Waals surface area (Å²) in [6.45, 7) is 9.18. The Morgan fingerprint density at radius 2 is 1.75 bits per heavy atom. The van der Waals surface area contributed by atoms with E-state index in [0.29, 0.717) is 19.4 Å². The highest BCUT2D eigenvalue weighted by atomic mass is 32.2. The second-order valence-electron chi connectivity index (χ2n) is 8.76. The second-order valence-corrected chi connectivity index (χ2v) is 10.7. The molecule has 0 unspecified atom stereocenters. The molecule has 0 N–H and O–H groups in total. The number of carbonyl (C=O) groups excluding carboxylic acids is 1. The van der Waals surface area contributed by atoms with Gasteiger partial charge in [-0.3, -0.25) is 8.98 Å². The molecule has 1 aromatic rings. The van der Waals surface area contributed by atoms with Crippen LogP contribution in [0.5, 0.6) is 0 Å². The van der Waals surface area contributed by atoms with Gasteiger partial charge in [0.05, 0.1) is 24.7 Å². The molecular weight excluding hydrogens is 380 g/mol. The summed E-state index contributed by atoms with van der Waals surface area (Å²) >= 11 is 0. The van der Waals surface area contributed by atoms with E-state index in [1.807, 2.05) is 30.3 Å². The average Bonchev–Trinajstić information content (AvgIpc) is 3.35. The van der Waals surface area contributed by atoms with Crippen molar-refractivity contribution in [2.24, 2.45) is 5.41 Å². The largest absolute Gasteiger partial charge is 0.459 e. The number of rotatable bonds is 10. The van der Waals surface area contributed by atoms with Crippen LogP contribution in [0.15, 0.2) is 30.3 Å². The molecule has 0 aliphatic heterocycles. The molecular formula is C21H32O6S. The zero-order valence-electron chi connectivity index (χ0n) is 17.4. The van der Waals surface area contributed by atoms with Crippen molar-refractivity contribution in [1.29, 1.82) is 0 Å². The third kappa shape index (κ3) is 6.29. The molecule has 1 atom stereocenters. The van der Waals surface area contributed by atoms with E-state index in [4.69, 9.17) is 13.7 Å². The van der Waals surface area contributed by atoms with Crippen molar-refractivity contribution in [2.45, 2.75) is 77.4 Å². The van der Waals surface area contributed by atoms with Gasteiger partial charge in [-0.1, -0.05) is 30.3 Å². The second kappa shape index (κ2) is 8.93. The Morgan fingerprint density at radius 3 is 2.25 bits per heavy atom. The van der Waals surface area contributed by atoms with E-state index < -0.39 is 32.5 Å². The molecule has 1 aromatic carbocycles. The fourth-order valence-electron chi connectivity index (χ4n) is 2.81. The lowest BCUT2D eigenvalue weighted by molar-refractivity contribution is -0.162. The van der Waals surface area contributed by atoms with Crippen LogP contribution in [0.25, 0.3) is 0 Å². The van der Waals surface area contributed by atoms with Crippen LogP contribution in [0.4, 0.5) is 0 Å². The van der Waals surface area contributed by atoms with Crippen LogP contribution in [0.1, 0.15) is 59.4 Å². The van der Waals surface area contributed by atoms with Gasteiger partial charge in [0.1, 0.15) is 10.9 Å². The highest BCUT2D eigenvalue weighted by Gasteiger charge is 2.57. The van der Waals surface area contributed by atoms with Gasteiger partial charge in [0.2, 0.25) is 0 Å². The summed E-state index contributed by atoms with van der Waals surface area (Å²) in [6, 6.07) is 9.66. The summed E-state index contributed by atoms with van der Waals surface area (Å²) in [5, 5.41) is 0. The van der Waals surface area contributed by atoms with Crippen LogP contribution >= 0.6 is 0 Å². The van der Waals surface area contributed by atoms with Crippen LogP contribution in [0, 0.1) is 5.41 Å². The first-order chi connectivity index (χ1) is 13.0.